The Kier molecular flexibility index (Phi) is 9.45. The maximum absolute atomic E-state index is 12.1. The molecule has 37 heavy (non-hydrogen) atoms. The second-order valence-corrected chi connectivity index (χ2v) is 13.6. The number of hydrogen-bond donors (Lipinski definition) is 6. The summed E-state index contributed by atoms with van der Waals surface area (Å²) in [5, 5.41) is 24.3. The molecule has 0 radical (unpaired) electrons. The van der Waals surface area contributed by atoms with E-state index < -0.39 is 51.6 Å². The number of benzene rings is 1. The van der Waals surface area contributed by atoms with Crippen molar-refractivity contribution in [3.05, 3.63) is 47.5 Å². The molecule has 4 rings (SSSR count). The van der Waals surface area contributed by atoms with Gasteiger partial charge in [-0.3, -0.25) is 13.7 Å². The van der Waals surface area contributed by atoms with Crippen molar-refractivity contribution in [3.63, 3.8) is 0 Å². The van der Waals surface area contributed by atoms with Gasteiger partial charge in [-0.05, 0) is 30.5 Å². The number of imidazole rings is 1. The zero-order chi connectivity index (χ0) is 26.3. The lowest BCUT2D eigenvalue weighted by molar-refractivity contribution is -0.0354. The van der Waals surface area contributed by atoms with E-state index >= 15 is 0 Å². The third-order valence-electron chi connectivity index (χ3n) is 5.83. The van der Waals surface area contributed by atoms with Crippen LogP contribution in [0.1, 0.15) is 31.2 Å². The van der Waals surface area contributed by atoms with Crippen molar-refractivity contribution < 1.29 is 38.8 Å². The van der Waals surface area contributed by atoms with Gasteiger partial charge in [-0.15, -0.1) is 0 Å². The number of ether oxygens (including phenoxy) is 1. The topological polar surface area (TPSA) is 200 Å². The normalized spacial score (nSPS) is 24.4. The van der Waals surface area contributed by atoms with E-state index in [1.54, 1.807) is 0 Å². The van der Waals surface area contributed by atoms with Gasteiger partial charge in [-0.1, -0.05) is 30.3 Å². The molecule has 6 atom stereocenters. The Hall–Kier alpha value is -1.57. The molecule has 1 aromatic carbocycles. The fourth-order valence-electron chi connectivity index (χ4n) is 4.09. The van der Waals surface area contributed by atoms with E-state index in [-0.39, 0.29) is 36.9 Å². The SMILES string of the molecule is C[C@H](Nc1nc(Cl)nc2c1ncn2[C@@H]1O[C@H](CCP(=O)(O)CP(=O)(O)O)C(O)[C@@H]1O)c1ccccc1.S. The minimum Gasteiger partial charge on any atom is -0.388 e. The molecular formula is C20H28ClN5O8P2S. The highest BCUT2D eigenvalue weighted by molar-refractivity contribution is 7.72. The van der Waals surface area contributed by atoms with Gasteiger partial charge in [0.2, 0.25) is 12.7 Å². The minimum atomic E-state index is -4.71. The Balaban J connectivity index is 0.00000380. The quantitative estimate of drug-likeness (QED) is 0.156. The number of nitrogens with zero attached hydrogens (tertiary/aromatic N) is 4. The summed E-state index contributed by atoms with van der Waals surface area (Å²) in [5.41, 5.74) is 1.57. The standard InChI is InChI=1S/C20H26ClN5O8P2.H2S/c1-11(12-5-3-2-4-6-12)23-17-14-18(25-20(21)24-17)26(9-22-14)19-16(28)15(27)13(34-19)7-8-35(29,30)10-36(31,32)33;/h2-6,9,11,13,15-16,19,27-28H,7-8,10H2,1H3,(H,29,30)(H,23,24,25)(H2,31,32,33);1H2/t11-,13+,15?,16-,19+;/m0./s1. The molecule has 0 spiro atoms. The van der Waals surface area contributed by atoms with Gasteiger partial charge in [0.15, 0.2) is 23.2 Å². The Morgan fingerprint density at radius 2 is 1.81 bits per heavy atom. The highest BCUT2D eigenvalue weighted by Crippen LogP contribution is 2.55. The summed E-state index contributed by atoms with van der Waals surface area (Å²) in [4.78, 5) is 40.6. The van der Waals surface area contributed by atoms with Gasteiger partial charge >= 0.3 is 7.60 Å². The highest BCUT2D eigenvalue weighted by Gasteiger charge is 2.45. The van der Waals surface area contributed by atoms with Crippen molar-refractivity contribution in [1.29, 1.82) is 0 Å². The number of rotatable bonds is 9. The van der Waals surface area contributed by atoms with E-state index in [1.807, 2.05) is 37.3 Å². The summed E-state index contributed by atoms with van der Waals surface area (Å²) in [5.74, 6) is -0.823. The lowest BCUT2D eigenvalue weighted by Gasteiger charge is -2.18. The van der Waals surface area contributed by atoms with Crippen LogP contribution in [0.5, 0.6) is 0 Å². The molecule has 1 aliphatic heterocycles. The molecule has 3 aromatic rings. The van der Waals surface area contributed by atoms with E-state index in [2.05, 4.69) is 20.3 Å². The first-order chi connectivity index (χ1) is 16.8. The van der Waals surface area contributed by atoms with Crippen LogP contribution in [-0.4, -0.2) is 74.8 Å². The minimum absolute atomic E-state index is 0. The van der Waals surface area contributed by atoms with Crippen molar-refractivity contribution in [2.24, 2.45) is 0 Å². The summed E-state index contributed by atoms with van der Waals surface area (Å²) in [7, 11) is -8.89. The molecule has 1 saturated heterocycles. The van der Waals surface area contributed by atoms with Crippen LogP contribution in [0.3, 0.4) is 0 Å². The highest BCUT2D eigenvalue weighted by atomic mass is 35.5. The molecule has 0 saturated carbocycles. The lowest BCUT2D eigenvalue weighted by atomic mass is 10.1. The molecule has 0 bridgehead atoms. The van der Waals surface area contributed by atoms with E-state index in [0.717, 1.165) is 5.56 Å². The predicted octanol–water partition coefficient (Wildman–Crippen LogP) is 2.18. The first kappa shape index (κ1) is 30.0. The molecule has 2 aromatic heterocycles. The van der Waals surface area contributed by atoms with Crippen LogP contribution in [-0.2, 0) is 13.9 Å². The zero-order valence-corrected chi connectivity index (χ0v) is 23.0. The van der Waals surface area contributed by atoms with Crippen molar-refractivity contribution >= 4 is 57.0 Å². The Labute approximate surface area is 223 Å². The molecule has 0 amide bonds. The van der Waals surface area contributed by atoms with Crippen LogP contribution in [0.4, 0.5) is 5.82 Å². The molecule has 6 N–H and O–H groups in total. The van der Waals surface area contributed by atoms with Crippen LogP contribution < -0.4 is 5.32 Å². The fourth-order valence-corrected chi connectivity index (χ4v) is 7.78. The average Bonchev–Trinajstić information content (AvgIpc) is 3.32. The summed E-state index contributed by atoms with van der Waals surface area (Å²) in [6.07, 6.45) is -4.48. The Morgan fingerprint density at radius 3 is 2.46 bits per heavy atom. The Bertz CT molecular complexity index is 1330. The summed E-state index contributed by atoms with van der Waals surface area (Å²) in [6, 6.07) is 9.48. The second-order valence-electron chi connectivity index (χ2n) is 8.65. The predicted molar refractivity (Wildman–Crippen MR) is 141 cm³/mol. The number of aromatic nitrogens is 4. The second kappa shape index (κ2) is 11.7. The summed E-state index contributed by atoms with van der Waals surface area (Å²) in [6.45, 7) is 1.94. The van der Waals surface area contributed by atoms with Crippen LogP contribution in [0.2, 0.25) is 5.28 Å². The molecule has 17 heteroatoms. The molecule has 13 nitrogen and oxygen atoms in total. The largest absolute Gasteiger partial charge is 0.388 e. The molecule has 2 unspecified atom stereocenters. The number of nitrogens with one attached hydrogen (secondary N) is 1. The van der Waals surface area contributed by atoms with Gasteiger partial charge in [-0.2, -0.15) is 23.5 Å². The summed E-state index contributed by atoms with van der Waals surface area (Å²) >= 11 is 6.16. The van der Waals surface area contributed by atoms with Crippen molar-refractivity contribution in [3.8, 4) is 0 Å². The Morgan fingerprint density at radius 1 is 1.14 bits per heavy atom. The van der Waals surface area contributed by atoms with Crippen molar-refractivity contribution in [2.45, 2.75) is 43.9 Å². The smallest absolute Gasteiger partial charge is 0.335 e. The van der Waals surface area contributed by atoms with Gasteiger partial charge in [0.1, 0.15) is 18.1 Å². The monoisotopic (exact) mass is 595 g/mol. The molecule has 3 heterocycles. The van der Waals surface area contributed by atoms with Gasteiger partial charge in [-0.25, -0.2) is 4.98 Å². The van der Waals surface area contributed by atoms with E-state index in [0.29, 0.717) is 11.3 Å². The van der Waals surface area contributed by atoms with Gasteiger partial charge in [0.05, 0.1) is 18.5 Å². The van der Waals surface area contributed by atoms with E-state index in [1.165, 1.54) is 10.9 Å². The van der Waals surface area contributed by atoms with Crippen LogP contribution >= 0.6 is 40.1 Å². The maximum Gasteiger partial charge on any atom is 0.335 e. The molecule has 0 aliphatic carbocycles. The number of anilines is 1. The third-order valence-corrected chi connectivity index (χ3v) is 10.2. The number of aliphatic hydroxyl groups is 2. The van der Waals surface area contributed by atoms with Crippen LogP contribution in [0.15, 0.2) is 36.7 Å². The van der Waals surface area contributed by atoms with Crippen LogP contribution in [0.25, 0.3) is 11.2 Å². The van der Waals surface area contributed by atoms with Gasteiger partial charge in [0, 0.05) is 6.16 Å². The van der Waals surface area contributed by atoms with Gasteiger partial charge in [0.25, 0.3) is 0 Å². The number of hydrogen-bond acceptors (Lipinski definition) is 9. The first-order valence-electron chi connectivity index (χ1n) is 10.9. The molecular weight excluding hydrogens is 568 g/mol. The van der Waals surface area contributed by atoms with Crippen LogP contribution in [0, 0.1) is 0 Å². The van der Waals surface area contributed by atoms with E-state index in [4.69, 9.17) is 26.1 Å². The zero-order valence-electron chi connectivity index (χ0n) is 19.5. The summed E-state index contributed by atoms with van der Waals surface area (Å²) < 4.78 is 30.4. The van der Waals surface area contributed by atoms with E-state index in [9.17, 15) is 24.2 Å². The lowest BCUT2D eigenvalue weighted by Crippen LogP contribution is -2.32. The molecule has 1 fully saturated rings. The van der Waals surface area contributed by atoms with Crippen molar-refractivity contribution in [2.75, 3.05) is 17.4 Å². The maximum atomic E-state index is 12.1. The number of fused-ring (bicyclic) bond motifs is 1. The fraction of sp³-hybridized carbons (Fsp3) is 0.450. The van der Waals surface area contributed by atoms with Gasteiger partial charge < -0.3 is 34.9 Å². The van der Waals surface area contributed by atoms with Crippen molar-refractivity contribution in [1.82, 2.24) is 19.5 Å². The number of aliphatic hydroxyl groups excluding tert-OH is 2. The third kappa shape index (κ3) is 7.10. The molecule has 1 aliphatic rings. The average molecular weight is 596 g/mol. The number of halogens is 1. The molecule has 204 valence electrons. The first-order valence-corrected chi connectivity index (χ1v) is 15.1.